The number of non-ortho nitro benzene ring substituents is 1. The molecule has 0 aliphatic rings. The first-order valence-corrected chi connectivity index (χ1v) is 9.56. The number of carbonyl (C=O) groups excluding carboxylic acids is 2. The molecule has 10 nitrogen and oxygen atoms in total. The second-order valence-corrected chi connectivity index (χ2v) is 7.15. The van der Waals surface area contributed by atoms with Crippen molar-refractivity contribution in [3.8, 4) is 5.82 Å². The summed E-state index contributed by atoms with van der Waals surface area (Å²) < 4.78 is 6.68. The van der Waals surface area contributed by atoms with Crippen molar-refractivity contribution in [2.75, 3.05) is 11.9 Å². The minimum atomic E-state index is -0.712. The van der Waals surface area contributed by atoms with Crippen LogP contribution >= 0.6 is 11.6 Å². The highest BCUT2D eigenvalue weighted by Crippen LogP contribution is 2.27. The largest absolute Gasteiger partial charge is 0.452 e. The van der Waals surface area contributed by atoms with Gasteiger partial charge in [-0.2, -0.15) is 5.10 Å². The summed E-state index contributed by atoms with van der Waals surface area (Å²) in [6.45, 7) is 3.23. The Morgan fingerprint density at radius 3 is 2.68 bits per heavy atom. The summed E-state index contributed by atoms with van der Waals surface area (Å²) in [6, 6.07) is 8.95. The fraction of sp³-hybridized carbons (Fsp3) is 0.200. The molecule has 0 spiro atoms. The summed E-state index contributed by atoms with van der Waals surface area (Å²) in [7, 11) is 0. The molecule has 1 amide bonds. The quantitative estimate of drug-likeness (QED) is 0.334. The summed E-state index contributed by atoms with van der Waals surface area (Å²) in [5.74, 6) is -0.876. The lowest BCUT2D eigenvalue weighted by Crippen LogP contribution is -2.21. The number of amides is 1. The molecule has 2 aromatic heterocycles. The predicted octanol–water partition coefficient (Wildman–Crippen LogP) is 3.75. The Morgan fingerprint density at radius 2 is 2.06 bits per heavy atom. The highest BCUT2D eigenvalue weighted by atomic mass is 35.5. The Bertz CT molecular complexity index is 1130. The van der Waals surface area contributed by atoms with Gasteiger partial charge in [0.2, 0.25) is 0 Å². The van der Waals surface area contributed by atoms with Gasteiger partial charge in [0.05, 0.1) is 27.5 Å². The third-order valence-electron chi connectivity index (χ3n) is 4.21. The summed E-state index contributed by atoms with van der Waals surface area (Å²) in [4.78, 5) is 39.1. The smallest absolute Gasteiger partial charge is 0.342 e. The second kappa shape index (κ2) is 9.35. The van der Waals surface area contributed by atoms with E-state index in [0.717, 1.165) is 6.07 Å². The summed E-state index contributed by atoms with van der Waals surface area (Å²) >= 11 is 5.95. The molecule has 0 aliphatic carbocycles. The number of anilines is 1. The third-order valence-corrected chi connectivity index (χ3v) is 4.52. The first kappa shape index (κ1) is 21.9. The lowest BCUT2D eigenvalue weighted by molar-refractivity contribution is -0.384. The number of nitrogens with zero attached hydrogens (tertiary/aromatic N) is 4. The summed E-state index contributed by atoms with van der Waals surface area (Å²) in [5.41, 5.74) is 0.782. The second-order valence-electron chi connectivity index (χ2n) is 6.74. The highest BCUT2D eigenvalue weighted by molar-refractivity contribution is 6.34. The topological polar surface area (TPSA) is 129 Å². The maximum Gasteiger partial charge on any atom is 0.342 e. The van der Waals surface area contributed by atoms with Crippen LogP contribution in [0.25, 0.3) is 5.82 Å². The van der Waals surface area contributed by atoms with Crippen molar-refractivity contribution >= 4 is 34.9 Å². The van der Waals surface area contributed by atoms with Gasteiger partial charge in [-0.05, 0) is 24.1 Å². The zero-order valence-electron chi connectivity index (χ0n) is 16.6. The van der Waals surface area contributed by atoms with E-state index < -0.39 is 23.4 Å². The zero-order valence-corrected chi connectivity index (χ0v) is 17.4. The Kier molecular flexibility index (Phi) is 6.61. The summed E-state index contributed by atoms with van der Waals surface area (Å²) in [5, 5.41) is 17.4. The van der Waals surface area contributed by atoms with Crippen LogP contribution in [0.4, 0.5) is 11.4 Å². The molecule has 0 saturated carbocycles. The van der Waals surface area contributed by atoms with Crippen LogP contribution in [0.3, 0.4) is 0 Å². The number of hydrogen-bond donors (Lipinski definition) is 1. The molecule has 1 aromatic carbocycles. The number of rotatable bonds is 7. The van der Waals surface area contributed by atoms with Crippen LogP contribution in [0.2, 0.25) is 5.02 Å². The molecule has 3 rings (SSSR count). The van der Waals surface area contributed by atoms with Crippen LogP contribution in [-0.4, -0.2) is 38.2 Å². The molecule has 1 N–H and O–H groups in total. The number of nitrogens with one attached hydrogen (secondary N) is 1. The molecular weight excluding hydrogens is 426 g/mol. The van der Waals surface area contributed by atoms with Crippen LogP contribution < -0.4 is 5.32 Å². The van der Waals surface area contributed by atoms with Gasteiger partial charge in [-0.3, -0.25) is 14.9 Å². The number of ether oxygens (including phenoxy) is 1. The first-order valence-electron chi connectivity index (χ1n) is 9.18. The van der Waals surface area contributed by atoms with Gasteiger partial charge in [0.25, 0.3) is 11.6 Å². The maximum absolute atomic E-state index is 12.6. The van der Waals surface area contributed by atoms with Crippen LogP contribution in [-0.2, 0) is 9.53 Å². The maximum atomic E-state index is 12.6. The molecule has 11 heteroatoms. The van der Waals surface area contributed by atoms with E-state index in [1.165, 1.54) is 18.3 Å². The molecule has 0 atom stereocenters. The van der Waals surface area contributed by atoms with Gasteiger partial charge >= 0.3 is 5.97 Å². The molecule has 0 unspecified atom stereocenters. The fourth-order valence-corrected chi connectivity index (χ4v) is 3.07. The molecule has 0 aliphatic heterocycles. The van der Waals surface area contributed by atoms with E-state index in [1.54, 1.807) is 29.1 Å². The van der Waals surface area contributed by atoms with E-state index in [0.29, 0.717) is 11.5 Å². The number of pyridine rings is 1. The molecule has 0 radical (unpaired) electrons. The molecule has 3 aromatic rings. The van der Waals surface area contributed by atoms with Crippen molar-refractivity contribution in [2.45, 2.75) is 19.8 Å². The van der Waals surface area contributed by atoms with Crippen LogP contribution in [0, 0.1) is 10.1 Å². The number of halogens is 1. The predicted molar refractivity (Wildman–Crippen MR) is 112 cm³/mol. The van der Waals surface area contributed by atoms with Gasteiger partial charge in [0.1, 0.15) is 5.56 Å². The van der Waals surface area contributed by atoms with E-state index in [2.05, 4.69) is 15.4 Å². The SMILES string of the molecule is CC(C)c1c(C(=O)OCC(=O)Nc2ccc([N+](=O)[O-])cc2Cl)cnn1-c1ccccn1. The number of carbonyl (C=O) groups is 2. The molecule has 0 saturated heterocycles. The third kappa shape index (κ3) is 5.04. The average Bonchev–Trinajstić information content (AvgIpc) is 3.19. The minimum absolute atomic E-state index is 0.00684. The number of hydrogen-bond acceptors (Lipinski definition) is 7. The molecular formula is C20H18ClN5O5. The van der Waals surface area contributed by atoms with Crippen molar-refractivity contribution in [1.82, 2.24) is 14.8 Å². The van der Waals surface area contributed by atoms with Crippen molar-refractivity contribution in [1.29, 1.82) is 0 Å². The molecule has 0 bridgehead atoms. The standard InChI is InChI=1S/C20H18ClN5O5/c1-12(2)19-14(10-23-25(19)17-5-3-4-8-22-17)20(28)31-11-18(27)24-16-7-6-13(26(29)30)9-15(16)21/h3-10,12H,11H2,1-2H3,(H,24,27). The number of benzene rings is 1. The monoisotopic (exact) mass is 443 g/mol. The van der Waals surface area contributed by atoms with Gasteiger partial charge in [0.15, 0.2) is 12.4 Å². The Labute approximate surface area is 182 Å². The van der Waals surface area contributed by atoms with Gasteiger partial charge in [-0.15, -0.1) is 0 Å². The van der Waals surface area contributed by atoms with E-state index in [4.69, 9.17) is 16.3 Å². The number of nitro benzene ring substituents is 1. The van der Waals surface area contributed by atoms with E-state index in [1.807, 2.05) is 13.8 Å². The van der Waals surface area contributed by atoms with Gasteiger partial charge in [-0.1, -0.05) is 31.5 Å². The van der Waals surface area contributed by atoms with E-state index >= 15 is 0 Å². The van der Waals surface area contributed by atoms with Crippen molar-refractivity contribution in [2.24, 2.45) is 0 Å². The normalized spacial score (nSPS) is 10.7. The molecule has 31 heavy (non-hydrogen) atoms. The lowest BCUT2D eigenvalue weighted by atomic mass is 10.1. The lowest BCUT2D eigenvalue weighted by Gasteiger charge is -2.12. The van der Waals surface area contributed by atoms with Crippen molar-refractivity contribution in [3.05, 3.63) is 75.2 Å². The summed E-state index contributed by atoms with van der Waals surface area (Å²) in [6.07, 6.45) is 2.99. The van der Waals surface area contributed by atoms with Crippen LogP contribution in [0.15, 0.2) is 48.8 Å². The van der Waals surface area contributed by atoms with Gasteiger partial charge in [0, 0.05) is 18.3 Å². The van der Waals surface area contributed by atoms with Crippen molar-refractivity contribution in [3.63, 3.8) is 0 Å². The Hall–Kier alpha value is -3.79. The number of nitro groups is 1. The van der Waals surface area contributed by atoms with Gasteiger partial charge in [-0.25, -0.2) is 14.5 Å². The minimum Gasteiger partial charge on any atom is -0.452 e. The van der Waals surface area contributed by atoms with Gasteiger partial charge < -0.3 is 10.1 Å². The molecule has 160 valence electrons. The first-order chi connectivity index (χ1) is 14.8. The van der Waals surface area contributed by atoms with Crippen molar-refractivity contribution < 1.29 is 19.2 Å². The van der Waals surface area contributed by atoms with Crippen LogP contribution in [0.1, 0.15) is 35.8 Å². The Morgan fingerprint density at radius 1 is 1.29 bits per heavy atom. The number of esters is 1. The average molecular weight is 444 g/mol. The highest BCUT2D eigenvalue weighted by Gasteiger charge is 2.23. The number of aromatic nitrogens is 3. The fourth-order valence-electron chi connectivity index (χ4n) is 2.85. The molecule has 2 heterocycles. The van der Waals surface area contributed by atoms with Crippen LogP contribution in [0.5, 0.6) is 0 Å². The van der Waals surface area contributed by atoms with E-state index in [-0.39, 0.29) is 27.9 Å². The molecule has 0 fully saturated rings. The Balaban J connectivity index is 1.69. The van der Waals surface area contributed by atoms with E-state index in [9.17, 15) is 19.7 Å². The zero-order chi connectivity index (χ0) is 22.5.